The minimum Gasteiger partial charge on any atom is -0.487 e. The van der Waals surface area contributed by atoms with Crippen molar-refractivity contribution < 1.29 is 37.6 Å². The SMILES string of the molecule is CCOC(=O)[C@@H](Cc1cc(OC2CCCCO2)c(C)cc1OCc1ccnc([C@@H]2CCCO2)n1)Oc1ncnc2sc(-c3ccc(F)cc3)c(Br)c12. The van der Waals surface area contributed by atoms with Crippen LogP contribution in [0.15, 0.2) is 59.5 Å². The summed E-state index contributed by atoms with van der Waals surface area (Å²) in [7, 11) is 0. The van der Waals surface area contributed by atoms with Crippen molar-refractivity contribution >= 4 is 43.5 Å². The molecule has 3 atom stereocenters. The lowest BCUT2D eigenvalue weighted by Gasteiger charge is -2.25. The molecule has 2 aliphatic rings. The average molecular weight is 794 g/mol. The maximum atomic E-state index is 13.7. The molecule has 2 saturated heterocycles. The molecule has 7 rings (SSSR count). The molecule has 11 nitrogen and oxygen atoms in total. The number of rotatable bonds is 13. The Bertz CT molecular complexity index is 2020. The van der Waals surface area contributed by atoms with Crippen LogP contribution in [0.2, 0.25) is 0 Å². The summed E-state index contributed by atoms with van der Waals surface area (Å²) in [5.41, 5.74) is 2.99. The van der Waals surface area contributed by atoms with Gasteiger partial charge in [-0.2, -0.15) is 0 Å². The van der Waals surface area contributed by atoms with Gasteiger partial charge in [0.05, 0.1) is 33.6 Å². The van der Waals surface area contributed by atoms with Gasteiger partial charge in [0, 0.05) is 31.2 Å². The fourth-order valence-electron chi connectivity index (χ4n) is 6.15. The van der Waals surface area contributed by atoms with E-state index in [4.69, 9.17) is 33.4 Å². The highest BCUT2D eigenvalue weighted by molar-refractivity contribution is 9.10. The lowest BCUT2D eigenvalue weighted by Crippen LogP contribution is -2.32. The van der Waals surface area contributed by atoms with Crippen LogP contribution in [0.5, 0.6) is 17.4 Å². The number of fused-ring (bicyclic) bond motifs is 1. The predicted octanol–water partition coefficient (Wildman–Crippen LogP) is 8.25. The van der Waals surface area contributed by atoms with Gasteiger partial charge in [-0.15, -0.1) is 11.3 Å². The summed E-state index contributed by atoms with van der Waals surface area (Å²) in [6, 6.07) is 11.8. The van der Waals surface area contributed by atoms with E-state index < -0.39 is 12.1 Å². The average Bonchev–Trinajstić information content (AvgIpc) is 3.82. The van der Waals surface area contributed by atoms with E-state index in [1.54, 1.807) is 25.3 Å². The van der Waals surface area contributed by atoms with E-state index in [0.29, 0.717) is 56.5 Å². The third-order valence-electron chi connectivity index (χ3n) is 8.79. The summed E-state index contributed by atoms with van der Waals surface area (Å²) in [4.78, 5) is 33.1. The molecule has 0 saturated carbocycles. The minimum absolute atomic E-state index is 0.0688. The fraction of sp³-hybridized carbons (Fsp3) is 0.395. The Morgan fingerprint density at radius 1 is 1.04 bits per heavy atom. The summed E-state index contributed by atoms with van der Waals surface area (Å²) in [5, 5.41) is 0.589. The van der Waals surface area contributed by atoms with E-state index in [-0.39, 0.29) is 43.7 Å². The molecule has 0 N–H and O–H groups in total. The fourth-order valence-corrected chi connectivity index (χ4v) is 8.14. The Labute approximate surface area is 313 Å². The molecule has 2 aromatic carbocycles. The van der Waals surface area contributed by atoms with Crippen molar-refractivity contribution in [2.24, 2.45) is 0 Å². The molecule has 3 aromatic heterocycles. The molecule has 5 heterocycles. The second kappa shape index (κ2) is 16.6. The summed E-state index contributed by atoms with van der Waals surface area (Å²) in [5.74, 6) is 1.09. The van der Waals surface area contributed by atoms with Gasteiger partial charge in [-0.1, -0.05) is 12.1 Å². The molecular formula is C38H38BrFN4O7S. The summed E-state index contributed by atoms with van der Waals surface area (Å²) in [6.07, 6.45) is 6.20. The van der Waals surface area contributed by atoms with Crippen LogP contribution in [0, 0.1) is 12.7 Å². The number of halogens is 2. The van der Waals surface area contributed by atoms with Crippen molar-refractivity contribution in [2.45, 2.75) is 77.5 Å². The number of carbonyl (C=O) groups excluding carboxylic acids is 1. The van der Waals surface area contributed by atoms with Crippen LogP contribution in [0.3, 0.4) is 0 Å². The highest BCUT2D eigenvalue weighted by Crippen LogP contribution is 2.45. The number of ether oxygens (including phenoxy) is 6. The first kappa shape index (κ1) is 36.1. The molecule has 0 amide bonds. The van der Waals surface area contributed by atoms with E-state index in [0.717, 1.165) is 48.1 Å². The molecule has 52 heavy (non-hydrogen) atoms. The zero-order valence-corrected chi connectivity index (χ0v) is 31.2. The number of hydrogen-bond donors (Lipinski definition) is 0. The van der Waals surface area contributed by atoms with E-state index in [1.165, 1.54) is 29.8 Å². The normalized spacial score (nSPS) is 17.9. The number of hydrogen-bond acceptors (Lipinski definition) is 12. The number of thiophene rings is 1. The Balaban J connectivity index is 1.21. The Morgan fingerprint density at radius 2 is 1.88 bits per heavy atom. The number of aromatic nitrogens is 4. The van der Waals surface area contributed by atoms with E-state index in [9.17, 15) is 9.18 Å². The summed E-state index contributed by atoms with van der Waals surface area (Å²) in [6.45, 7) is 5.33. The van der Waals surface area contributed by atoms with Gasteiger partial charge in [0.1, 0.15) is 41.2 Å². The van der Waals surface area contributed by atoms with Crippen molar-refractivity contribution in [1.82, 2.24) is 19.9 Å². The Kier molecular flexibility index (Phi) is 11.5. The monoisotopic (exact) mass is 792 g/mol. The number of carbonyl (C=O) groups is 1. The van der Waals surface area contributed by atoms with Crippen LogP contribution in [0.4, 0.5) is 4.39 Å². The second-order valence-electron chi connectivity index (χ2n) is 12.5. The molecule has 2 aliphatic heterocycles. The van der Waals surface area contributed by atoms with Gasteiger partial charge in [-0.05, 0) is 96.9 Å². The lowest BCUT2D eigenvalue weighted by atomic mass is 10.0. The van der Waals surface area contributed by atoms with Crippen LogP contribution >= 0.6 is 27.3 Å². The maximum absolute atomic E-state index is 13.7. The molecule has 0 bridgehead atoms. The van der Waals surface area contributed by atoms with Crippen LogP contribution in [0.1, 0.15) is 67.8 Å². The third-order valence-corrected chi connectivity index (χ3v) is 11.0. The van der Waals surface area contributed by atoms with Gasteiger partial charge in [0.15, 0.2) is 12.1 Å². The number of esters is 1. The first-order valence-electron chi connectivity index (χ1n) is 17.4. The predicted molar refractivity (Wildman–Crippen MR) is 195 cm³/mol. The standard InChI is InChI=1S/C38H38BrFN4O7S/c1-3-46-38(45)30(51-36-32-33(39)34(52-37(32)43-21-42-36)23-9-11-25(40)12-10-23)19-24-18-28(50-31-8-4-5-15-48-31)22(2)17-29(24)49-20-26-13-14-41-35(44-26)27-7-6-16-47-27/h9-14,17-18,21,27,30-31H,3-8,15-16,19-20H2,1-2H3/t27-,30+,31?/m0/s1. The zero-order chi connectivity index (χ0) is 36.0. The smallest absolute Gasteiger partial charge is 0.347 e. The molecule has 0 radical (unpaired) electrons. The summed E-state index contributed by atoms with van der Waals surface area (Å²) < 4.78 is 50.8. The van der Waals surface area contributed by atoms with Crippen molar-refractivity contribution in [1.29, 1.82) is 0 Å². The lowest BCUT2D eigenvalue weighted by molar-refractivity contribution is -0.151. The van der Waals surface area contributed by atoms with Gasteiger partial charge >= 0.3 is 5.97 Å². The molecule has 0 spiro atoms. The largest absolute Gasteiger partial charge is 0.487 e. The number of nitrogens with zero attached hydrogens (tertiary/aromatic N) is 4. The van der Waals surface area contributed by atoms with Crippen molar-refractivity contribution in [3.8, 4) is 27.8 Å². The van der Waals surface area contributed by atoms with Crippen LogP contribution in [0.25, 0.3) is 20.7 Å². The molecule has 1 unspecified atom stereocenters. The van der Waals surface area contributed by atoms with Crippen LogP contribution in [-0.4, -0.2) is 58.1 Å². The van der Waals surface area contributed by atoms with Crippen molar-refractivity contribution in [3.63, 3.8) is 0 Å². The second-order valence-corrected chi connectivity index (χ2v) is 14.3. The maximum Gasteiger partial charge on any atom is 0.347 e. The van der Waals surface area contributed by atoms with E-state index in [2.05, 4.69) is 30.9 Å². The topological polar surface area (TPSA) is 124 Å². The zero-order valence-electron chi connectivity index (χ0n) is 28.8. The minimum atomic E-state index is -1.12. The van der Waals surface area contributed by atoms with Crippen molar-refractivity contribution in [2.75, 3.05) is 19.8 Å². The highest BCUT2D eigenvalue weighted by Gasteiger charge is 2.29. The first-order chi connectivity index (χ1) is 25.4. The Morgan fingerprint density at radius 3 is 2.65 bits per heavy atom. The number of aryl methyl sites for hydroxylation is 1. The van der Waals surface area contributed by atoms with Gasteiger partial charge in [-0.25, -0.2) is 29.1 Å². The molecule has 5 aromatic rings. The van der Waals surface area contributed by atoms with E-state index >= 15 is 0 Å². The Hall–Kier alpha value is -4.24. The van der Waals surface area contributed by atoms with Crippen LogP contribution < -0.4 is 14.2 Å². The third kappa shape index (κ3) is 8.35. The quantitative estimate of drug-likeness (QED) is 0.107. The number of benzene rings is 2. The molecule has 2 fully saturated rings. The molecule has 0 aliphatic carbocycles. The van der Waals surface area contributed by atoms with Crippen molar-refractivity contribution in [3.05, 3.63) is 87.9 Å². The first-order valence-corrected chi connectivity index (χ1v) is 19.0. The summed E-state index contributed by atoms with van der Waals surface area (Å²) >= 11 is 5.10. The van der Waals surface area contributed by atoms with Gasteiger partial charge in [0.25, 0.3) is 0 Å². The highest BCUT2D eigenvalue weighted by atomic mass is 79.9. The van der Waals surface area contributed by atoms with Gasteiger partial charge in [-0.3, -0.25) is 0 Å². The van der Waals surface area contributed by atoms with E-state index in [1.807, 2.05) is 25.1 Å². The van der Waals surface area contributed by atoms with Crippen LogP contribution in [-0.2, 0) is 32.0 Å². The van der Waals surface area contributed by atoms with Gasteiger partial charge in [0.2, 0.25) is 12.0 Å². The van der Waals surface area contributed by atoms with Gasteiger partial charge < -0.3 is 28.4 Å². The molecule has 14 heteroatoms. The molecule has 272 valence electrons. The molecular weight excluding hydrogens is 755 g/mol.